The average molecular weight is 507 g/mol. The lowest BCUT2D eigenvalue weighted by atomic mass is 10.0. The van der Waals surface area contributed by atoms with Crippen LogP contribution in [-0.2, 0) is 9.59 Å². The Kier molecular flexibility index (Phi) is 7.50. The number of amides is 2. The van der Waals surface area contributed by atoms with Crippen LogP contribution in [0.15, 0.2) is 29.5 Å². The third-order valence-corrected chi connectivity index (χ3v) is 7.06. The van der Waals surface area contributed by atoms with E-state index in [2.05, 4.69) is 42.4 Å². The van der Waals surface area contributed by atoms with E-state index in [1.807, 2.05) is 25.2 Å². The fraction of sp³-hybridized carbons (Fsp3) is 0.500. The highest BCUT2D eigenvalue weighted by Crippen LogP contribution is 2.36. The van der Waals surface area contributed by atoms with Crippen LogP contribution in [0.1, 0.15) is 30.7 Å². The number of nitrogens with one attached hydrogen (secondary N) is 2. The van der Waals surface area contributed by atoms with Crippen LogP contribution in [0.4, 0.5) is 23.0 Å². The Morgan fingerprint density at radius 3 is 2.65 bits per heavy atom. The van der Waals surface area contributed by atoms with Crippen LogP contribution in [0, 0.1) is 0 Å². The Bertz CT molecular complexity index is 1180. The Hall–Kier alpha value is -3.73. The molecule has 37 heavy (non-hydrogen) atoms. The molecule has 0 saturated carbocycles. The van der Waals surface area contributed by atoms with Crippen LogP contribution in [0.2, 0.25) is 0 Å². The number of benzene rings is 1. The van der Waals surface area contributed by atoms with E-state index in [4.69, 9.17) is 4.74 Å². The second kappa shape index (κ2) is 11.1. The molecule has 11 nitrogen and oxygen atoms in total. The lowest BCUT2D eigenvalue weighted by Gasteiger charge is -2.35. The van der Waals surface area contributed by atoms with Crippen molar-refractivity contribution in [1.82, 2.24) is 19.8 Å². The van der Waals surface area contributed by atoms with E-state index in [-0.39, 0.29) is 11.8 Å². The van der Waals surface area contributed by atoms with Crippen LogP contribution in [0.3, 0.4) is 0 Å². The summed E-state index contributed by atoms with van der Waals surface area (Å²) >= 11 is 0. The van der Waals surface area contributed by atoms with Gasteiger partial charge in [0.2, 0.25) is 11.8 Å². The molecule has 11 heteroatoms. The minimum Gasteiger partial charge on any atom is -0.491 e. The minimum absolute atomic E-state index is 0.0974. The van der Waals surface area contributed by atoms with Crippen molar-refractivity contribution >= 4 is 41.0 Å². The maximum Gasteiger partial charge on any atom is 0.238 e. The molecule has 1 aromatic carbocycles. The highest BCUT2D eigenvalue weighted by atomic mass is 16.5. The second-order valence-corrected chi connectivity index (χ2v) is 9.72. The molecule has 1 aromatic heterocycles. The highest BCUT2D eigenvalue weighted by Gasteiger charge is 2.33. The molecule has 0 radical (unpaired) electrons. The molecular formula is C26H34N8O3. The lowest BCUT2D eigenvalue weighted by Crippen LogP contribution is -2.44. The monoisotopic (exact) mass is 506 g/mol. The normalized spacial score (nSPS) is 21.4. The number of rotatable bonds is 1. The summed E-state index contributed by atoms with van der Waals surface area (Å²) in [5.74, 6) is 1.14. The summed E-state index contributed by atoms with van der Waals surface area (Å²) in [5, 5.41) is 6.15. The molecule has 4 heterocycles. The molecule has 1 fully saturated rings. The predicted molar refractivity (Wildman–Crippen MR) is 143 cm³/mol. The molecule has 1 saturated heterocycles. The van der Waals surface area contributed by atoms with Gasteiger partial charge in [-0.25, -0.2) is 9.97 Å². The van der Waals surface area contributed by atoms with Gasteiger partial charge in [0.15, 0.2) is 0 Å². The summed E-state index contributed by atoms with van der Waals surface area (Å²) in [5.41, 5.74) is 2.40. The number of hydrogen-bond acceptors (Lipinski definition) is 9. The highest BCUT2D eigenvalue weighted by molar-refractivity contribution is 6.13. The fourth-order valence-corrected chi connectivity index (χ4v) is 4.81. The van der Waals surface area contributed by atoms with Gasteiger partial charge in [0.25, 0.3) is 0 Å². The van der Waals surface area contributed by atoms with Gasteiger partial charge >= 0.3 is 0 Å². The van der Waals surface area contributed by atoms with Crippen molar-refractivity contribution in [3.63, 3.8) is 0 Å². The number of anilines is 3. The van der Waals surface area contributed by atoms with Gasteiger partial charge in [0.05, 0.1) is 23.5 Å². The van der Waals surface area contributed by atoms with Crippen LogP contribution in [0.25, 0.3) is 0 Å². The number of nitrogens with zero attached hydrogens (tertiary/aromatic N) is 6. The van der Waals surface area contributed by atoms with Gasteiger partial charge in [0.1, 0.15) is 29.6 Å². The van der Waals surface area contributed by atoms with E-state index in [1.165, 1.54) is 6.33 Å². The largest absolute Gasteiger partial charge is 0.491 e. The zero-order chi connectivity index (χ0) is 25.8. The van der Waals surface area contributed by atoms with Gasteiger partial charge in [-0.3, -0.25) is 14.6 Å². The molecular weight excluding hydrogens is 472 g/mol. The van der Waals surface area contributed by atoms with Crippen LogP contribution < -0.4 is 20.3 Å². The van der Waals surface area contributed by atoms with E-state index in [9.17, 15) is 9.59 Å². The van der Waals surface area contributed by atoms with Gasteiger partial charge in [-0.2, -0.15) is 0 Å². The van der Waals surface area contributed by atoms with Crippen LogP contribution in [-0.4, -0.2) is 97.8 Å². The summed E-state index contributed by atoms with van der Waals surface area (Å²) < 4.78 is 6.22. The van der Waals surface area contributed by atoms with Crippen molar-refractivity contribution in [2.24, 2.45) is 4.99 Å². The summed E-state index contributed by atoms with van der Waals surface area (Å²) in [6, 6.07) is 5.89. The maximum atomic E-state index is 12.8. The Morgan fingerprint density at radius 2 is 1.81 bits per heavy atom. The minimum atomic E-state index is -0.608. The number of likely N-dealkylation sites (N-methyl/N-ethyl adjacent to an activating group) is 1. The van der Waals surface area contributed by atoms with E-state index in [1.54, 1.807) is 11.1 Å². The van der Waals surface area contributed by atoms with Crippen LogP contribution >= 0.6 is 0 Å². The molecule has 5 rings (SSSR count). The zero-order valence-electron chi connectivity index (χ0n) is 21.4. The molecule has 1 unspecified atom stereocenters. The fourth-order valence-electron chi connectivity index (χ4n) is 4.81. The summed E-state index contributed by atoms with van der Waals surface area (Å²) in [6.07, 6.45) is 4.90. The number of aliphatic imine (C=N–C) groups is 1. The lowest BCUT2D eigenvalue weighted by molar-refractivity contribution is -0.130. The van der Waals surface area contributed by atoms with Crippen molar-refractivity contribution in [2.75, 3.05) is 75.5 Å². The molecule has 3 aliphatic heterocycles. The van der Waals surface area contributed by atoms with Crippen molar-refractivity contribution in [3.8, 4) is 5.75 Å². The van der Waals surface area contributed by atoms with Crippen molar-refractivity contribution < 1.29 is 14.3 Å². The molecule has 2 amide bonds. The molecule has 3 aliphatic rings. The van der Waals surface area contributed by atoms with E-state index >= 15 is 0 Å². The third-order valence-electron chi connectivity index (χ3n) is 7.06. The molecule has 0 aliphatic carbocycles. The predicted octanol–water partition coefficient (Wildman–Crippen LogP) is 2.10. The zero-order valence-corrected chi connectivity index (χ0v) is 21.4. The number of carbonyl (C=O) groups is 2. The first kappa shape index (κ1) is 24.9. The summed E-state index contributed by atoms with van der Waals surface area (Å²) in [6.45, 7) is 5.45. The quantitative estimate of drug-likeness (QED) is 0.604. The summed E-state index contributed by atoms with van der Waals surface area (Å²) in [4.78, 5) is 45.1. The number of aromatic nitrogens is 2. The molecule has 1 atom stereocenters. The number of piperazine rings is 1. The van der Waals surface area contributed by atoms with E-state index in [0.29, 0.717) is 55.4 Å². The first-order valence-corrected chi connectivity index (χ1v) is 12.9. The SMILES string of the molecule is CN1CCN(c2ccc3cc2OCCCC(=O)N(C)CCCNc2ncnc4c2C(C=N3)C(=O)N4)CC1. The van der Waals surface area contributed by atoms with Crippen molar-refractivity contribution in [3.05, 3.63) is 30.1 Å². The Labute approximate surface area is 216 Å². The van der Waals surface area contributed by atoms with Crippen molar-refractivity contribution in [2.45, 2.75) is 25.2 Å². The number of ether oxygens (including phenoxy) is 1. The third kappa shape index (κ3) is 5.66. The van der Waals surface area contributed by atoms with Gasteiger partial charge in [0, 0.05) is 65.0 Å². The second-order valence-electron chi connectivity index (χ2n) is 9.72. The first-order valence-electron chi connectivity index (χ1n) is 12.9. The smallest absolute Gasteiger partial charge is 0.238 e. The van der Waals surface area contributed by atoms with E-state index < -0.39 is 5.92 Å². The number of fused-ring (bicyclic) bond motifs is 2. The molecule has 2 N–H and O–H groups in total. The van der Waals surface area contributed by atoms with Gasteiger partial charge < -0.3 is 30.1 Å². The maximum absolute atomic E-state index is 12.8. The number of carbonyl (C=O) groups excluding carboxylic acids is 2. The van der Waals surface area contributed by atoms with Crippen molar-refractivity contribution in [1.29, 1.82) is 0 Å². The Balaban J connectivity index is 1.46. The Morgan fingerprint density at radius 1 is 1.00 bits per heavy atom. The molecule has 2 aromatic rings. The molecule has 0 spiro atoms. The molecule has 196 valence electrons. The average Bonchev–Trinajstić information content (AvgIpc) is 3.23. The van der Waals surface area contributed by atoms with Gasteiger partial charge in [-0.1, -0.05) is 0 Å². The van der Waals surface area contributed by atoms with Gasteiger partial charge in [-0.05, 0) is 32.0 Å². The van der Waals surface area contributed by atoms with Gasteiger partial charge in [-0.15, -0.1) is 0 Å². The standard InChI is InChI=1S/C26H34N8O3/c1-32-10-12-34(13-11-32)20-7-6-18-15-21(20)37-14-3-5-22(35)33(2)9-4-8-27-24-23-19(16-28-18)26(36)31-25(23)30-17-29-24/h6-7,15-17,19H,3-5,8-14H2,1-2H3,(H2,27,29,30,31,36). The number of hydrogen-bond donors (Lipinski definition) is 2. The summed E-state index contributed by atoms with van der Waals surface area (Å²) in [7, 11) is 3.96. The first-order chi connectivity index (χ1) is 18.0. The topological polar surface area (TPSA) is 115 Å². The van der Waals surface area contributed by atoms with Crippen LogP contribution in [0.5, 0.6) is 5.75 Å². The molecule has 2 bridgehead atoms. The van der Waals surface area contributed by atoms with E-state index in [0.717, 1.165) is 44.0 Å².